The Morgan fingerprint density at radius 2 is 1.59 bits per heavy atom. The van der Waals surface area contributed by atoms with Gasteiger partial charge in [-0.25, -0.2) is 0 Å². The minimum Gasteiger partial charge on any atom is -0.297 e. The molecule has 0 radical (unpaired) electrons. The van der Waals surface area contributed by atoms with Gasteiger partial charge in [0.1, 0.15) is 0 Å². The number of ketones is 1. The number of carbonyl (C=O) groups excluding carboxylic acids is 1. The minimum absolute atomic E-state index is 0.0938. The summed E-state index contributed by atoms with van der Waals surface area (Å²) < 4.78 is 37.1. The molecule has 0 spiro atoms. The lowest BCUT2D eigenvalue weighted by molar-refractivity contribution is -0.184. The summed E-state index contributed by atoms with van der Waals surface area (Å²) in [7, 11) is 0. The molecule has 0 aromatic carbocycles. The van der Waals surface area contributed by atoms with Crippen LogP contribution in [0.2, 0.25) is 0 Å². The fraction of sp³-hybridized carbons (Fsp3) is 0.727. The van der Waals surface area contributed by atoms with E-state index in [1.54, 1.807) is 12.1 Å². The van der Waals surface area contributed by atoms with E-state index in [0.29, 0.717) is 0 Å². The van der Waals surface area contributed by atoms with Crippen molar-refractivity contribution in [3.63, 3.8) is 0 Å². The monoisotopic (exact) mass is 244 g/mol. The number of halogens is 3. The molecule has 6 heteroatoms. The summed E-state index contributed by atoms with van der Waals surface area (Å²) in [6, 6.07) is 3.11. The highest BCUT2D eigenvalue weighted by molar-refractivity contribution is 5.87. The fourth-order valence-electron chi connectivity index (χ4n) is 2.10. The van der Waals surface area contributed by atoms with Crippen LogP contribution in [0, 0.1) is 40.4 Å². The molecule has 0 unspecified atom stereocenters. The number of carbonyl (C=O) groups is 1. The van der Waals surface area contributed by atoms with E-state index >= 15 is 0 Å². The van der Waals surface area contributed by atoms with Gasteiger partial charge in [-0.2, -0.15) is 23.7 Å². The van der Waals surface area contributed by atoms with Gasteiger partial charge in [0.2, 0.25) is 0 Å². The SMILES string of the molecule is N#CC(C#N)C(=O)C1CCC(C(F)(F)F)CC1. The number of Topliss-reactive ketones (excluding diaryl/α,β-unsaturated/α-hetero) is 1. The molecule has 0 bridgehead atoms. The Bertz CT molecular complexity index is 356. The smallest absolute Gasteiger partial charge is 0.297 e. The molecular formula is C11H11F3N2O. The summed E-state index contributed by atoms with van der Waals surface area (Å²) >= 11 is 0. The van der Waals surface area contributed by atoms with Crippen LogP contribution in [0.25, 0.3) is 0 Å². The Hall–Kier alpha value is -1.56. The van der Waals surface area contributed by atoms with Crippen molar-refractivity contribution in [1.29, 1.82) is 10.5 Å². The Kier molecular flexibility index (Phi) is 4.11. The lowest BCUT2D eigenvalue weighted by atomic mass is 9.77. The lowest BCUT2D eigenvalue weighted by Crippen LogP contribution is -2.32. The van der Waals surface area contributed by atoms with E-state index in [2.05, 4.69) is 0 Å². The quantitative estimate of drug-likeness (QED) is 0.749. The molecule has 0 saturated heterocycles. The molecule has 0 aromatic heterocycles. The first-order valence-electron chi connectivity index (χ1n) is 5.29. The van der Waals surface area contributed by atoms with Gasteiger partial charge in [0.25, 0.3) is 0 Å². The number of hydrogen-bond acceptors (Lipinski definition) is 3. The largest absolute Gasteiger partial charge is 0.391 e. The number of nitriles is 2. The van der Waals surface area contributed by atoms with Crippen molar-refractivity contribution in [3.8, 4) is 12.1 Å². The summed E-state index contributed by atoms with van der Waals surface area (Å²) in [5.74, 6) is -3.80. The molecule has 0 N–H and O–H groups in total. The first kappa shape index (κ1) is 13.5. The highest BCUT2D eigenvalue weighted by atomic mass is 19.4. The summed E-state index contributed by atoms with van der Waals surface area (Å²) in [4.78, 5) is 11.6. The van der Waals surface area contributed by atoms with Crippen LogP contribution in [-0.4, -0.2) is 12.0 Å². The third-order valence-electron chi connectivity index (χ3n) is 3.14. The van der Waals surface area contributed by atoms with Gasteiger partial charge >= 0.3 is 6.18 Å². The second-order valence-corrected chi connectivity index (χ2v) is 4.18. The van der Waals surface area contributed by atoms with Crippen LogP contribution in [0.15, 0.2) is 0 Å². The third-order valence-corrected chi connectivity index (χ3v) is 3.14. The number of nitrogens with zero attached hydrogens (tertiary/aromatic N) is 2. The van der Waals surface area contributed by atoms with Crippen molar-refractivity contribution in [2.75, 3.05) is 0 Å². The zero-order chi connectivity index (χ0) is 13.1. The molecule has 1 aliphatic carbocycles. The second-order valence-electron chi connectivity index (χ2n) is 4.18. The van der Waals surface area contributed by atoms with E-state index in [4.69, 9.17) is 10.5 Å². The standard InChI is InChI=1S/C11H11F3N2O/c12-11(13,14)9-3-1-7(2-4-9)10(17)8(5-15)6-16/h7-9H,1-4H2. The molecule has 0 aliphatic heterocycles. The first-order valence-corrected chi connectivity index (χ1v) is 5.29. The maximum absolute atomic E-state index is 12.4. The van der Waals surface area contributed by atoms with E-state index in [-0.39, 0.29) is 25.7 Å². The van der Waals surface area contributed by atoms with Gasteiger partial charge in [-0.05, 0) is 25.7 Å². The average Bonchev–Trinajstić information content (AvgIpc) is 2.29. The predicted octanol–water partition coefficient (Wildman–Crippen LogP) is 2.59. The van der Waals surface area contributed by atoms with Gasteiger partial charge in [0.15, 0.2) is 11.7 Å². The van der Waals surface area contributed by atoms with Crippen LogP contribution >= 0.6 is 0 Å². The van der Waals surface area contributed by atoms with Gasteiger partial charge in [-0.1, -0.05) is 0 Å². The van der Waals surface area contributed by atoms with Crippen LogP contribution in [0.4, 0.5) is 13.2 Å². The van der Waals surface area contributed by atoms with Gasteiger partial charge in [0.05, 0.1) is 18.1 Å². The normalized spacial score (nSPS) is 25.1. The molecule has 0 atom stereocenters. The van der Waals surface area contributed by atoms with Crippen molar-refractivity contribution in [2.45, 2.75) is 31.9 Å². The van der Waals surface area contributed by atoms with Crippen LogP contribution in [-0.2, 0) is 4.79 Å². The maximum atomic E-state index is 12.4. The molecule has 92 valence electrons. The van der Waals surface area contributed by atoms with Crippen LogP contribution < -0.4 is 0 Å². The Labute approximate surface area is 96.8 Å². The summed E-state index contributed by atoms with van der Waals surface area (Å²) in [5.41, 5.74) is 0. The van der Waals surface area contributed by atoms with E-state index in [1.807, 2.05) is 0 Å². The zero-order valence-corrected chi connectivity index (χ0v) is 9.00. The van der Waals surface area contributed by atoms with Crippen molar-refractivity contribution in [3.05, 3.63) is 0 Å². The Morgan fingerprint density at radius 1 is 1.12 bits per heavy atom. The fourth-order valence-corrected chi connectivity index (χ4v) is 2.10. The van der Waals surface area contributed by atoms with Crippen molar-refractivity contribution in [1.82, 2.24) is 0 Å². The van der Waals surface area contributed by atoms with E-state index in [9.17, 15) is 18.0 Å². The summed E-state index contributed by atoms with van der Waals surface area (Å²) in [5, 5.41) is 17.1. The molecule has 1 aliphatic rings. The molecular weight excluding hydrogens is 233 g/mol. The molecule has 17 heavy (non-hydrogen) atoms. The highest BCUT2D eigenvalue weighted by Crippen LogP contribution is 2.40. The summed E-state index contributed by atoms with van der Waals surface area (Å²) in [6.07, 6.45) is -4.17. The van der Waals surface area contributed by atoms with Crippen molar-refractivity contribution < 1.29 is 18.0 Å². The van der Waals surface area contributed by atoms with E-state index in [0.717, 1.165) is 0 Å². The number of hydrogen-bond donors (Lipinski definition) is 0. The molecule has 0 heterocycles. The van der Waals surface area contributed by atoms with Gasteiger partial charge in [-0.15, -0.1) is 0 Å². The topological polar surface area (TPSA) is 64.7 Å². The Morgan fingerprint density at radius 3 is 1.94 bits per heavy atom. The van der Waals surface area contributed by atoms with Crippen LogP contribution in [0.1, 0.15) is 25.7 Å². The Balaban J connectivity index is 2.57. The summed E-state index contributed by atoms with van der Waals surface area (Å²) in [6.45, 7) is 0. The van der Waals surface area contributed by atoms with Crippen LogP contribution in [0.5, 0.6) is 0 Å². The molecule has 1 rings (SSSR count). The van der Waals surface area contributed by atoms with E-state index < -0.39 is 29.7 Å². The number of rotatable bonds is 2. The molecule has 3 nitrogen and oxygen atoms in total. The second kappa shape index (κ2) is 5.18. The third kappa shape index (κ3) is 3.20. The maximum Gasteiger partial charge on any atom is 0.391 e. The van der Waals surface area contributed by atoms with Crippen molar-refractivity contribution in [2.24, 2.45) is 17.8 Å². The number of alkyl halides is 3. The highest BCUT2D eigenvalue weighted by Gasteiger charge is 2.43. The van der Waals surface area contributed by atoms with Crippen molar-refractivity contribution >= 4 is 5.78 Å². The molecule has 1 saturated carbocycles. The minimum atomic E-state index is -4.21. The lowest BCUT2D eigenvalue weighted by Gasteiger charge is -2.29. The molecule has 0 aromatic rings. The van der Waals surface area contributed by atoms with Gasteiger partial charge in [-0.3, -0.25) is 4.79 Å². The van der Waals surface area contributed by atoms with E-state index in [1.165, 1.54) is 0 Å². The molecule has 0 amide bonds. The predicted molar refractivity (Wildman–Crippen MR) is 51.2 cm³/mol. The zero-order valence-electron chi connectivity index (χ0n) is 9.00. The van der Waals surface area contributed by atoms with Gasteiger partial charge in [0, 0.05) is 5.92 Å². The van der Waals surface area contributed by atoms with Crippen LogP contribution in [0.3, 0.4) is 0 Å². The van der Waals surface area contributed by atoms with Gasteiger partial charge < -0.3 is 0 Å². The molecule has 1 fully saturated rings. The first-order chi connectivity index (χ1) is 7.90. The average molecular weight is 244 g/mol.